The summed E-state index contributed by atoms with van der Waals surface area (Å²) in [6.07, 6.45) is 1.43. The van der Waals surface area contributed by atoms with E-state index in [0.29, 0.717) is 0 Å². The summed E-state index contributed by atoms with van der Waals surface area (Å²) >= 11 is 0. The fourth-order valence-electron chi connectivity index (χ4n) is 2.33. The van der Waals surface area contributed by atoms with E-state index in [2.05, 4.69) is 9.93 Å². The second-order valence-corrected chi connectivity index (χ2v) is 6.85. The lowest BCUT2D eigenvalue weighted by Gasteiger charge is -2.21. The van der Waals surface area contributed by atoms with E-state index in [1.807, 2.05) is 42.5 Å². The zero-order chi connectivity index (χ0) is 17.9. The first-order chi connectivity index (χ1) is 12.0. The van der Waals surface area contributed by atoms with Gasteiger partial charge in [-0.2, -0.15) is 13.5 Å². The summed E-state index contributed by atoms with van der Waals surface area (Å²) < 4.78 is 24.4. The van der Waals surface area contributed by atoms with E-state index in [-0.39, 0.29) is 15.8 Å². The van der Waals surface area contributed by atoms with Crippen molar-refractivity contribution in [1.82, 2.24) is 4.83 Å². The van der Waals surface area contributed by atoms with Gasteiger partial charge in [-0.15, -0.1) is 0 Å². The molecule has 0 radical (unpaired) electrons. The van der Waals surface area contributed by atoms with Gasteiger partial charge in [-0.1, -0.05) is 42.5 Å². The Morgan fingerprint density at radius 2 is 1.68 bits per heavy atom. The van der Waals surface area contributed by atoms with Crippen molar-refractivity contribution in [3.8, 4) is 0 Å². The Balaban J connectivity index is 1.80. The molecule has 3 aromatic rings. The second kappa shape index (κ2) is 6.89. The fraction of sp³-hybridized carbons (Fsp3) is 0. The number of nitrogens with one attached hydrogen (secondary N) is 1. The van der Waals surface area contributed by atoms with Crippen LogP contribution in [0.15, 0.2) is 76.7 Å². The van der Waals surface area contributed by atoms with Crippen molar-refractivity contribution in [3.63, 3.8) is 0 Å². The molecule has 0 spiro atoms. The number of anilines is 1. The first kappa shape index (κ1) is 16.9. The summed E-state index contributed by atoms with van der Waals surface area (Å²) in [5, 5.41) is 24.9. The molecule has 0 aliphatic carbocycles. The number of hydrazone groups is 1. The minimum atomic E-state index is -3.88. The number of nitrogens with zero attached hydrogens (tertiary/aromatic N) is 2. The van der Waals surface area contributed by atoms with Crippen molar-refractivity contribution in [2.75, 3.05) is 5.23 Å². The van der Waals surface area contributed by atoms with Gasteiger partial charge in [0, 0.05) is 5.56 Å². The van der Waals surface area contributed by atoms with Gasteiger partial charge in [-0.05, 0) is 35.0 Å². The molecule has 2 N–H and O–H groups in total. The zero-order valence-electron chi connectivity index (χ0n) is 12.9. The van der Waals surface area contributed by atoms with Crippen molar-refractivity contribution < 1.29 is 13.6 Å². The molecule has 0 fully saturated rings. The Kier molecular flexibility index (Phi) is 4.66. The van der Waals surface area contributed by atoms with E-state index in [1.54, 1.807) is 0 Å². The first-order valence-electron chi connectivity index (χ1n) is 7.26. The average molecular weight is 356 g/mol. The Hall–Kier alpha value is -2.94. The summed E-state index contributed by atoms with van der Waals surface area (Å²) in [4.78, 5) is 2.05. The molecule has 0 heterocycles. The third-order valence-corrected chi connectivity index (χ3v) is 4.81. The number of hydrogen-bond donors (Lipinski definition) is 2. The van der Waals surface area contributed by atoms with Crippen LogP contribution in [0, 0.1) is 5.21 Å². The lowest BCUT2D eigenvalue weighted by Crippen LogP contribution is -2.18. The van der Waals surface area contributed by atoms with Crippen LogP contribution in [0.4, 0.5) is 5.69 Å². The van der Waals surface area contributed by atoms with Crippen LogP contribution in [0.5, 0.6) is 0 Å². The summed E-state index contributed by atoms with van der Waals surface area (Å²) in [7, 11) is -3.88. The minimum absolute atomic E-state index is 0.0711. The lowest BCUT2D eigenvalue weighted by atomic mass is 10.1. The minimum Gasteiger partial charge on any atom is -0.733 e. The molecule has 0 saturated heterocycles. The molecule has 0 saturated carbocycles. The predicted molar refractivity (Wildman–Crippen MR) is 95.9 cm³/mol. The Morgan fingerprint density at radius 1 is 1.00 bits per heavy atom. The molecule has 0 atom stereocenters. The normalized spacial score (nSPS) is 11.8. The summed E-state index contributed by atoms with van der Waals surface area (Å²) in [6, 6.07) is 18.1. The van der Waals surface area contributed by atoms with Gasteiger partial charge in [0.25, 0.3) is 10.0 Å². The van der Waals surface area contributed by atoms with E-state index in [9.17, 15) is 13.6 Å². The van der Waals surface area contributed by atoms with Crippen LogP contribution < -0.4 is 10.1 Å². The van der Waals surface area contributed by atoms with Crippen molar-refractivity contribution in [2.45, 2.75) is 4.90 Å². The third kappa shape index (κ3) is 3.77. The Bertz CT molecular complexity index is 1010. The van der Waals surface area contributed by atoms with Crippen LogP contribution in [0.1, 0.15) is 5.56 Å². The molecule has 8 heteroatoms. The van der Waals surface area contributed by atoms with E-state index < -0.39 is 10.0 Å². The van der Waals surface area contributed by atoms with Crippen molar-refractivity contribution >= 4 is 32.7 Å². The van der Waals surface area contributed by atoms with Gasteiger partial charge in [0.15, 0.2) is 0 Å². The summed E-state index contributed by atoms with van der Waals surface area (Å²) in [6.45, 7) is 0. The van der Waals surface area contributed by atoms with Crippen molar-refractivity contribution in [1.29, 1.82) is 0 Å². The Morgan fingerprint density at radius 3 is 2.40 bits per heavy atom. The fourth-order valence-corrected chi connectivity index (χ4v) is 3.13. The monoisotopic (exact) mass is 356 g/mol. The number of sulfonamides is 1. The maximum atomic E-state index is 12.2. The molecule has 0 amide bonds. The maximum Gasteiger partial charge on any atom is 0.276 e. The van der Waals surface area contributed by atoms with Crippen LogP contribution in [0.25, 0.3) is 10.8 Å². The number of hydrogen-bond acceptors (Lipinski definition) is 6. The molecule has 128 valence electrons. The molecule has 0 bridgehead atoms. The predicted octanol–water partition coefficient (Wildman–Crippen LogP) is 2.85. The largest absolute Gasteiger partial charge is 0.733 e. The molecule has 3 rings (SSSR count). The van der Waals surface area contributed by atoms with Gasteiger partial charge in [0.1, 0.15) is 0 Å². The SMILES string of the molecule is O=S(=O)(N/N=C\c1cccc2ccccc12)c1ccc(N([O-])O)cc1. The van der Waals surface area contributed by atoms with Gasteiger partial charge in [0.2, 0.25) is 0 Å². The first-order valence-corrected chi connectivity index (χ1v) is 8.74. The topological polar surface area (TPSA) is 105 Å². The molecular formula is C17H14N3O4S-. The van der Waals surface area contributed by atoms with E-state index in [1.165, 1.54) is 30.5 Å². The van der Waals surface area contributed by atoms with Gasteiger partial charge < -0.3 is 10.4 Å². The highest BCUT2D eigenvalue weighted by Crippen LogP contribution is 2.18. The molecule has 0 aromatic heterocycles. The smallest absolute Gasteiger partial charge is 0.276 e. The number of rotatable bonds is 5. The van der Waals surface area contributed by atoms with Gasteiger partial charge in [0.05, 0.1) is 16.8 Å². The van der Waals surface area contributed by atoms with Gasteiger partial charge in [-0.3, -0.25) is 5.21 Å². The number of fused-ring (bicyclic) bond motifs is 1. The van der Waals surface area contributed by atoms with E-state index in [4.69, 9.17) is 5.21 Å². The Labute approximate surface area is 144 Å². The molecule has 0 aliphatic rings. The molecule has 0 aliphatic heterocycles. The van der Waals surface area contributed by atoms with Gasteiger partial charge >= 0.3 is 0 Å². The highest BCUT2D eigenvalue weighted by atomic mass is 32.2. The van der Waals surface area contributed by atoms with Crippen LogP contribution in [0.2, 0.25) is 0 Å². The highest BCUT2D eigenvalue weighted by molar-refractivity contribution is 7.89. The van der Waals surface area contributed by atoms with Crippen molar-refractivity contribution in [3.05, 3.63) is 77.5 Å². The molecule has 25 heavy (non-hydrogen) atoms. The van der Waals surface area contributed by atoms with Crippen LogP contribution in [0.3, 0.4) is 0 Å². The maximum absolute atomic E-state index is 12.2. The van der Waals surface area contributed by atoms with E-state index in [0.717, 1.165) is 16.3 Å². The molecule has 3 aromatic carbocycles. The third-order valence-electron chi connectivity index (χ3n) is 3.57. The van der Waals surface area contributed by atoms with Crippen LogP contribution in [-0.2, 0) is 10.0 Å². The molecular weight excluding hydrogens is 342 g/mol. The average Bonchev–Trinajstić information content (AvgIpc) is 2.62. The number of benzene rings is 3. The lowest BCUT2D eigenvalue weighted by molar-refractivity contribution is 0.296. The highest BCUT2D eigenvalue weighted by Gasteiger charge is 2.12. The summed E-state index contributed by atoms with van der Waals surface area (Å²) in [5.74, 6) is 0. The molecule has 7 nitrogen and oxygen atoms in total. The van der Waals surface area contributed by atoms with Crippen molar-refractivity contribution in [2.24, 2.45) is 5.10 Å². The van der Waals surface area contributed by atoms with Crippen LogP contribution >= 0.6 is 0 Å². The van der Waals surface area contributed by atoms with Gasteiger partial charge in [-0.25, -0.2) is 4.83 Å². The van der Waals surface area contributed by atoms with E-state index >= 15 is 0 Å². The molecule has 0 unspecified atom stereocenters. The quantitative estimate of drug-likeness (QED) is 0.540. The second-order valence-electron chi connectivity index (χ2n) is 5.19. The standard InChI is InChI=1S/C17H14N3O4S/c21-20(22)15-8-10-16(11-9-15)25(23,24)19-18-12-14-6-3-5-13-4-1-2-7-17(13)14/h1-12,19,21H/q-1/b18-12-. The summed E-state index contributed by atoms with van der Waals surface area (Å²) in [5.41, 5.74) is 0.705. The van der Waals surface area contributed by atoms with Crippen LogP contribution in [-0.4, -0.2) is 19.8 Å². The zero-order valence-corrected chi connectivity index (χ0v) is 13.7.